The third-order valence-electron chi connectivity index (χ3n) is 7.20. The van der Waals surface area contributed by atoms with E-state index in [2.05, 4.69) is 5.32 Å². The number of nitrogens with one attached hydrogen (secondary N) is 1. The molecule has 0 unspecified atom stereocenters. The van der Waals surface area contributed by atoms with Gasteiger partial charge < -0.3 is 10.2 Å². The molecule has 0 aliphatic heterocycles. The minimum Gasteiger partial charge on any atom is -0.352 e. The van der Waals surface area contributed by atoms with E-state index < -0.39 is 28.5 Å². The second kappa shape index (κ2) is 14.6. The molecule has 42 heavy (non-hydrogen) atoms. The van der Waals surface area contributed by atoms with Crippen LogP contribution in [-0.2, 0) is 26.2 Å². The lowest BCUT2D eigenvalue weighted by molar-refractivity contribution is -0.140. The van der Waals surface area contributed by atoms with E-state index in [9.17, 15) is 18.0 Å². The van der Waals surface area contributed by atoms with Crippen LogP contribution in [0.3, 0.4) is 0 Å². The number of amides is 2. The lowest BCUT2D eigenvalue weighted by Crippen LogP contribution is -2.53. The molecule has 0 heterocycles. The van der Waals surface area contributed by atoms with Gasteiger partial charge in [-0.05, 0) is 98.8 Å². The zero-order chi connectivity index (χ0) is 31.2. The van der Waals surface area contributed by atoms with Crippen LogP contribution in [0.2, 0.25) is 15.1 Å². The number of carbonyl (C=O) groups excluding carboxylic acids is 2. The Balaban J connectivity index is 2.11. The van der Waals surface area contributed by atoms with Crippen LogP contribution >= 0.6 is 34.8 Å². The van der Waals surface area contributed by atoms with E-state index in [-0.39, 0.29) is 23.4 Å². The van der Waals surface area contributed by atoms with E-state index in [1.807, 2.05) is 27.7 Å². The van der Waals surface area contributed by atoms with Gasteiger partial charge in [-0.15, -0.1) is 0 Å². The number of sulfonamides is 1. The van der Waals surface area contributed by atoms with Gasteiger partial charge in [-0.25, -0.2) is 8.42 Å². The average molecular weight is 653 g/mol. The number of nitrogens with zero attached hydrogens (tertiary/aromatic N) is 2. The number of aryl methyl sites for hydroxylation is 2. The first-order chi connectivity index (χ1) is 19.8. The maximum Gasteiger partial charge on any atom is 0.264 e. The summed E-state index contributed by atoms with van der Waals surface area (Å²) in [6.07, 6.45) is 1.01. The van der Waals surface area contributed by atoms with Crippen LogP contribution in [0.15, 0.2) is 65.6 Å². The molecule has 0 fully saturated rings. The number of hydrogen-bond acceptors (Lipinski definition) is 4. The summed E-state index contributed by atoms with van der Waals surface area (Å²) < 4.78 is 29.1. The van der Waals surface area contributed by atoms with Crippen LogP contribution in [0.25, 0.3) is 0 Å². The summed E-state index contributed by atoms with van der Waals surface area (Å²) in [5, 5.41) is 4.10. The van der Waals surface area contributed by atoms with Crippen molar-refractivity contribution in [3.63, 3.8) is 0 Å². The SMILES string of the molecule is CC[C@@H](C)NC(=O)[C@H](CC)N(Cc1ccc(Cl)cc1Cl)C(=O)CN(c1ccc(C)c(C)c1)S(=O)(=O)c1ccc(Cl)cc1. The second-order valence-electron chi connectivity index (χ2n) is 10.2. The number of hydrogen-bond donors (Lipinski definition) is 1. The summed E-state index contributed by atoms with van der Waals surface area (Å²) >= 11 is 18.6. The Bertz CT molecular complexity index is 1530. The Morgan fingerprint density at radius 3 is 2.07 bits per heavy atom. The van der Waals surface area contributed by atoms with Crippen LogP contribution in [0, 0.1) is 13.8 Å². The highest BCUT2D eigenvalue weighted by atomic mass is 35.5. The molecule has 2 amide bonds. The molecule has 226 valence electrons. The van der Waals surface area contributed by atoms with Gasteiger partial charge in [0.1, 0.15) is 12.6 Å². The van der Waals surface area contributed by atoms with Gasteiger partial charge in [-0.2, -0.15) is 0 Å². The average Bonchev–Trinajstić information content (AvgIpc) is 2.94. The quantitative estimate of drug-likeness (QED) is 0.225. The molecular weight excluding hydrogens is 617 g/mol. The Hall–Kier alpha value is -2.78. The van der Waals surface area contributed by atoms with Crippen molar-refractivity contribution in [2.24, 2.45) is 0 Å². The fourth-order valence-electron chi connectivity index (χ4n) is 4.34. The molecule has 0 radical (unpaired) electrons. The van der Waals surface area contributed by atoms with E-state index >= 15 is 0 Å². The minimum atomic E-state index is -4.21. The van der Waals surface area contributed by atoms with E-state index in [1.165, 1.54) is 29.2 Å². The molecule has 2 atom stereocenters. The largest absolute Gasteiger partial charge is 0.352 e. The maximum absolute atomic E-state index is 14.2. The van der Waals surface area contributed by atoms with Crippen LogP contribution in [-0.4, -0.2) is 43.8 Å². The molecule has 0 bridgehead atoms. The summed E-state index contributed by atoms with van der Waals surface area (Å²) in [6.45, 7) is 8.85. The highest BCUT2D eigenvalue weighted by Gasteiger charge is 2.34. The first kappa shape index (κ1) is 33.7. The lowest BCUT2D eigenvalue weighted by atomic mass is 10.1. The first-order valence-electron chi connectivity index (χ1n) is 13.7. The van der Waals surface area contributed by atoms with Crippen LogP contribution in [0.4, 0.5) is 5.69 Å². The predicted octanol–water partition coefficient (Wildman–Crippen LogP) is 7.18. The third-order valence-corrected chi connectivity index (χ3v) is 9.83. The topological polar surface area (TPSA) is 86.8 Å². The number of carbonyl (C=O) groups is 2. The highest BCUT2D eigenvalue weighted by molar-refractivity contribution is 7.92. The van der Waals surface area contributed by atoms with Crippen molar-refractivity contribution in [3.05, 3.63) is 92.4 Å². The lowest BCUT2D eigenvalue weighted by Gasteiger charge is -2.34. The van der Waals surface area contributed by atoms with E-state index in [1.54, 1.807) is 43.3 Å². The van der Waals surface area contributed by atoms with Crippen LogP contribution < -0.4 is 9.62 Å². The summed E-state index contributed by atoms with van der Waals surface area (Å²) in [6, 6.07) is 14.9. The summed E-state index contributed by atoms with van der Waals surface area (Å²) in [5.74, 6) is -0.897. The number of anilines is 1. The molecule has 3 aromatic carbocycles. The van der Waals surface area contributed by atoms with Crippen molar-refractivity contribution in [2.45, 2.75) is 71.0 Å². The number of benzene rings is 3. The van der Waals surface area contributed by atoms with Crippen molar-refractivity contribution in [2.75, 3.05) is 10.8 Å². The molecule has 3 aromatic rings. The minimum absolute atomic E-state index is 0.0215. The van der Waals surface area contributed by atoms with Crippen molar-refractivity contribution < 1.29 is 18.0 Å². The molecule has 0 spiro atoms. The second-order valence-corrected chi connectivity index (χ2v) is 13.4. The number of halogens is 3. The predicted molar refractivity (Wildman–Crippen MR) is 171 cm³/mol. The van der Waals surface area contributed by atoms with Gasteiger partial charge in [0.15, 0.2) is 0 Å². The van der Waals surface area contributed by atoms with E-state index in [0.717, 1.165) is 15.4 Å². The smallest absolute Gasteiger partial charge is 0.264 e. The molecule has 11 heteroatoms. The fraction of sp³-hybridized carbons (Fsp3) is 0.355. The monoisotopic (exact) mass is 651 g/mol. The first-order valence-corrected chi connectivity index (χ1v) is 16.2. The molecule has 3 rings (SSSR count). The highest BCUT2D eigenvalue weighted by Crippen LogP contribution is 2.28. The summed E-state index contributed by atoms with van der Waals surface area (Å²) in [5.41, 5.74) is 2.73. The van der Waals surface area contributed by atoms with Gasteiger partial charge >= 0.3 is 0 Å². The summed E-state index contributed by atoms with van der Waals surface area (Å²) in [7, 11) is -4.21. The molecule has 0 aliphatic carbocycles. The maximum atomic E-state index is 14.2. The van der Waals surface area contributed by atoms with Crippen molar-refractivity contribution >= 4 is 62.3 Å². The van der Waals surface area contributed by atoms with Crippen molar-refractivity contribution in [1.29, 1.82) is 0 Å². The van der Waals surface area contributed by atoms with Gasteiger partial charge in [0.2, 0.25) is 11.8 Å². The van der Waals surface area contributed by atoms with Gasteiger partial charge in [0.25, 0.3) is 10.0 Å². The zero-order valence-electron chi connectivity index (χ0n) is 24.3. The molecule has 0 saturated heterocycles. The van der Waals surface area contributed by atoms with Gasteiger partial charge in [-0.3, -0.25) is 13.9 Å². The Morgan fingerprint density at radius 1 is 0.857 bits per heavy atom. The Labute approximate surface area is 263 Å². The summed E-state index contributed by atoms with van der Waals surface area (Å²) in [4.78, 5) is 29.0. The van der Waals surface area contributed by atoms with E-state index in [0.29, 0.717) is 39.2 Å². The van der Waals surface area contributed by atoms with Gasteiger partial charge in [0.05, 0.1) is 10.6 Å². The Kier molecular flexibility index (Phi) is 11.7. The zero-order valence-corrected chi connectivity index (χ0v) is 27.4. The molecule has 0 aromatic heterocycles. The van der Waals surface area contributed by atoms with Crippen LogP contribution in [0.5, 0.6) is 0 Å². The van der Waals surface area contributed by atoms with Crippen LogP contribution in [0.1, 0.15) is 50.3 Å². The molecule has 1 N–H and O–H groups in total. The standard InChI is InChI=1S/C31H36Cl3N3O4S/c1-6-22(5)35-31(39)29(7-2)36(18-23-9-10-25(33)17-28(23)34)30(38)19-37(26-13-8-20(3)21(4)16-26)42(40,41)27-14-11-24(32)12-15-27/h8-17,22,29H,6-7,18-19H2,1-5H3,(H,35,39)/t22-,29+/m1/s1. The number of rotatable bonds is 12. The molecule has 7 nitrogen and oxygen atoms in total. The van der Waals surface area contributed by atoms with Gasteiger partial charge in [0, 0.05) is 27.7 Å². The molecular formula is C31H36Cl3N3O4S. The fourth-order valence-corrected chi connectivity index (χ4v) is 6.34. The molecule has 0 saturated carbocycles. The van der Waals surface area contributed by atoms with E-state index in [4.69, 9.17) is 34.8 Å². The van der Waals surface area contributed by atoms with Crippen molar-refractivity contribution in [1.82, 2.24) is 10.2 Å². The molecule has 0 aliphatic rings. The Morgan fingerprint density at radius 2 is 1.50 bits per heavy atom. The van der Waals surface area contributed by atoms with Crippen molar-refractivity contribution in [3.8, 4) is 0 Å². The van der Waals surface area contributed by atoms with Gasteiger partial charge in [-0.1, -0.05) is 60.8 Å². The third kappa shape index (κ3) is 8.19. The normalized spacial score (nSPS) is 12.9.